The molecule has 2 N–H and O–H groups in total. The Hall–Kier alpha value is -3.69. The van der Waals surface area contributed by atoms with Crippen molar-refractivity contribution in [1.29, 1.82) is 0 Å². The number of para-hydroxylation sites is 1. The van der Waals surface area contributed by atoms with Gasteiger partial charge in [-0.15, -0.1) is 0 Å². The van der Waals surface area contributed by atoms with Crippen LogP contribution in [0, 0.1) is 0 Å². The number of fused-ring (bicyclic) bond motifs is 3. The molecule has 0 radical (unpaired) electrons. The highest BCUT2D eigenvalue weighted by Gasteiger charge is 2.41. The normalized spacial score (nSPS) is 16.1. The number of hydrogen-bond acceptors (Lipinski definition) is 6. The van der Waals surface area contributed by atoms with Crippen LogP contribution in [0.15, 0.2) is 117 Å². The van der Waals surface area contributed by atoms with Gasteiger partial charge in [0.15, 0.2) is 0 Å². The van der Waals surface area contributed by atoms with Gasteiger partial charge in [0.05, 0.1) is 10.6 Å². The van der Waals surface area contributed by atoms with Crippen molar-refractivity contribution in [3.8, 4) is 28.4 Å². The van der Waals surface area contributed by atoms with Gasteiger partial charge in [0.2, 0.25) is 0 Å². The minimum atomic E-state index is -3.93. The van der Waals surface area contributed by atoms with Crippen LogP contribution < -0.4 is 34.4 Å². The summed E-state index contributed by atoms with van der Waals surface area (Å²) < 4.78 is 58.8. The number of nitrogens with one attached hydrogen (secondary N) is 2. The zero-order valence-corrected chi connectivity index (χ0v) is 22.5. The summed E-state index contributed by atoms with van der Waals surface area (Å²) in [6, 6.07) is 18.6. The molecule has 1 aliphatic heterocycles. The van der Waals surface area contributed by atoms with Gasteiger partial charge in [-0.05, 0) is 48.3 Å². The maximum absolute atomic E-state index is 14.9. The lowest BCUT2D eigenvalue weighted by Crippen LogP contribution is -2.27. The van der Waals surface area contributed by atoms with Crippen LogP contribution in [0.4, 0.5) is 0 Å². The van der Waals surface area contributed by atoms with Gasteiger partial charge in [-0.3, -0.25) is 19.3 Å². The highest BCUT2D eigenvalue weighted by molar-refractivity contribution is 7.75. The third-order valence-electron chi connectivity index (χ3n) is 5.38. The highest BCUT2D eigenvalue weighted by atomic mass is 31.2. The molecule has 0 amide bonds. The van der Waals surface area contributed by atoms with Crippen LogP contribution in [0.2, 0.25) is 0 Å². The Morgan fingerprint density at radius 3 is 2.05 bits per heavy atom. The molecule has 1 atom stereocenters. The average molecular weight is 554 g/mol. The molecule has 37 heavy (non-hydrogen) atoms. The maximum atomic E-state index is 14.9. The topological polar surface area (TPSA) is 103 Å². The minimum absolute atomic E-state index is 0.0241. The summed E-state index contributed by atoms with van der Waals surface area (Å²) in [5.74, 6) is 2.80. The fraction of sp³-hybridized carbons (Fsp3) is 0. The van der Waals surface area contributed by atoms with Crippen LogP contribution in [0.3, 0.4) is 0 Å². The Bertz CT molecular complexity index is 1520. The molecular weight excluding hydrogens is 529 g/mol. The molecule has 3 aromatic carbocycles. The largest absolute Gasteiger partial charge is 0.443 e. The average Bonchev–Trinajstić information content (AvgIpc) is 2.90. The first-order valence-corrected chi connectivity index (χ1v) is 16.0. The predicted molar refractivity (Wildman–Crippen MR) is 149 cm³/mol. The van der Waals surface area contributed by atoms with E-state index in [1.165, 1.54) is 30.6 Å². The molecule has 1 unspecified atom stereocenters. The van der Waals surface area contributed by atoms with E-state index in [0.29, 0.717) is 16.6 Å². The summed E-state index contributed by atoms with van der Waals surface area (Å²) in [5, 5.41) is 5.53. The molecule has 190 valence electrons. The van der Waals surface area contributed by atoms with E-state index in [2.05, 4.69) is 36.5 Å². The molecule has 0 bridgehead atoms. The number of benzene rings is 3. The van der Waals surface area contributed by atoms with E-state index < -0.39 is 22.4 Å². The van der Waals surface area contributed by atoms with Gasteiger partial charge >= 0.3 is 15.0 Å². The molecule has 0 aromatic heterocycles. The monoisotopic (exact) mass is 554 g/mol. The van der Waals surface area contributed by atoms with Crippen LogP contribution in [0.25, 0.3) is 11.1 Å². The van der Waals surface area contributed by atoms with Crippen molar-refractivity contribution in [3.05, 3.63) is 117 Å². The number of hydrogen-bond donors (Lipinski definition) is 2. The van der Waals surface area contributed by atoms with E-state index in [9.17, 15) is 13.7 Å². The molecule has 11 heteroatoms. The van der Waals surface area contributed by atoms with Crippen LogP contribution >= 0.6 is 22.4 Å². The van der Waals surface area contributed by atoms with E-state index in [-0.39, 0.29) is 16.8 Å². The first-order valence-electron chi connectivity index (χ1n) is 11.0. The summed E-state index contributed by atoms with van der Waals surface area (Å²) in [6.07, 6.45) is 2.40. The van der Waals surface area contributed by atoms with Gasteiger partial charge in [-0.25, -0.2) is 4.57 Å². The maximum Gasteiger partial charge on any atom is 0.443 e. The standard InChI is InChI=1S/C26H25N2O6P3/c1-5-27-37(31,28-6-2)34-24-18-17-20(32-35(29,7-3)8-4)19-26(24)36(30)25-16-12-10-14-22(25)21-13-9-11-15-23(21)33-36/h5-19H,1-4H2,(H2,27,28,31). The van der Waals surface area contributed by atoms with E-state index in [1.807, 2.05) is 24.3 Å². The molecule has 1 heterocycles. The molecular formula is C26H25N2O6P3. The van der Waals surface area contributed by atoms with Crippen molar-refractivity contribution < 1.29 is 27.3 Å². The molecule has 0 fully saturated rings. The Morgan fingerprint density at radius 2 is 1.41 bits per heavy atom. The lowest BCUT2D eigenvalue weighted by Gasteiger charge is -2.30. The van der Waals surface area contributed by atoms with Crippen LogP contribution in [0.5, 0.6) is 17.2 Å². The van der Waals surface area contributed by atoms with Crippen molar-refractivity contribution >= 4 is 33.0 Å². The van der Waals surface area contributed by atoms with E-state index >= 15 is 0 Å². The van der Waals surface area contributed by atoms with Crippen LogP contribution in [0.1, 0.15) is 0 Å². The predicted octanol–water partition coefficient (Wildman–Crippen LogP) is 6.87. The molecule has 0 saturated heterocycles. The van der Waals surface area contributed by atoms with Gasteiger partial charge in [0, 0.05) is 17.2 Å². The third-order valence-corrected chi connectivity index (χ3v) is 10.9. The molecule has 8 nitrogen and oxygen atoms in total. The molecule has 0 spiro atoms. The van der Waals surface area contributed by atoms with Gasteiger partial charge < -0.3 is 13.6 Å². The minimum Gasteiger partial charge on any atom is -0.438 e. The summed E-state index contributed by atoms with van der Waals surface area (Å²) in [6.45, 7) is 14.2. The zero-order chi connectivity index (χ0) is 26.7. The van der Waals surface area contributed by atoms with E-state index in [0.717, 1.165) is 17.2 Å². The highest BCUT2D eigenvalue weighted by Crippen LogP contribution is 2.57. The zero-order valence-electron chi connectivity index (χ0n) is 19.8. The fourth-order valence-corrected chi connectivity index (χ4v) is 8.04. The first kappa shape index (κ1) is 26.4. The summed E-state index contributed by atoms with van der Waals surface area (Å²) in [4.78, 5) is 0. The second-order valence-corrected chi connectivity index (χ2v) is 14.0. The summed E-state index contributed by atoms with van der Waals surface area (Å²) >= 11 is 0. The molecule has 0 aliphatic carbocycles. The lowest BCUT2D eigenvalue weighted by molar-refractivity contribution is 0.465. The Kier molecular flexibility index (Phi) is 7.38. The second kappa shape index (κ2) is 10.4. The van der Waals surface area contributed by atoms with E-state index in [1.54, 1.807) is 24.3 Å². The molecule has 0 saturated carbocycles. The SMILES string of the molecule is C=CNP(=O)(NC=C)Oc1ccc(OP(=O)(C=C)C=C)cc1P1(=O)Oc2ccccc2-c2ccccc21. The van der Waals surface area contributed by atoms with E-state index in [4.69, 9.17) is 13.6 Å². The molecule has 3 aromatic rings. The van der Waals surface area contributed by atoms with Crippen LogP contribution in [-0.2, 0) is 13.7 Å². The quantitative estimate of drug-likeness (QED) is 0.248. The summed E-state index contributed by atoms with van der Waals surface area (Å²) in [5.41, 5.74) is 1.49. The van der Waals surface area contributed by atoms with Crippen molar-refractivity contribution in [1.82, 2.24) is 10.2 Å². The second-order valence-electron chi connectivity index (χ2n) is 7.70. The summed E-state index contributed by atoms with van der Waals surface area (Å²) in [7, 11) is -11.2. The van der Waals surface area contributed by atoms with Crippen molar-refractivity contribution in [2.45, 2.75) is 0 Å². The molecule has 1 aliphatic rings. The van der Waals surface area contributed by atoms with Gasteiger partial charge in [0.25, 0.3) is 7.37 Å². The van der Waals surface area contributed by atoms with Crippen molar-refractivity contribution in [2.24, 2.45) is 0 Å². The third kappa shape index (κ3) is 5.10. The first-order chi connectivity index (χ1) is 17.7. The molecule has 4 rings (SSSR count). The number of rotatable bonds is 11. The van der Waals surface area contributed by atoms with Gasteiger partial charge in [-0.2, -0.15) is 0 Å². The Balaban J connectivity index is 1.95. The Morgan fingerprint density at radius 1 is 0.784 bits per heavy atom. The Labute approximate surface area is 215 Å². The fourth-order valence-electron chi connectivity index (χ4n) is 3.74. The van der Waals surface area contributed by atoms with Gasteiger partial charge in [0.1, 0.15) is 17.2 Å². The van der Waals surface area contributed by atoms with Crippen LogP contribution in [-0.4, -0.2) is 0 Å². The van der Waals surface area contributed by atoms with Crippen molar-refractivity contribution in [2.75, 3.05) is 0 Å². The van der Waals surface area contributed by atoms with Gasteiger partial charge in [-0.1, -0.05) is 62.7 Å². The smallest absolute Gasteiger partial charge is 0.438 e. The lowest BCUT2D eigenvalue weighted by atomic mass is 10.0. The van der Waals surface area contributed by atoms with Crippen molar-refractivity contribution in [3.63, 3.8) is 0 Å².